The van der Waals surface area contributed by atoms with Crippen molar-refractivity contribution in [2.45, 2.75) is 38.4 Å². The first-order valence-corrected chi connectivity index (χ1v) is 8.56. The topological polar surface area (TPSA) is 34.1 Å². The van der Waals surface area contributed by atoms with Gasteiger partial charge in [0.2, 0.25) is 5.12 Å². The molecular formula is C20H20O2S. The van der Waals surface area contributed by atoms with Crippen LogP contribution in [0.5, 0.6) is 0 Å². The van der Waals surface area contributed by atoms with E-state index in [1.54, 1.807) is 0 Å². The number of carbonyl (C=O) groups excluding carboxylic acids is 2. The summed E-state index contributed by atoms with van der Waals surface area (Å²) in [4.78, 5) is 25.0. The molecule has 0 aromatic heterocycles. The van der Waals surface area contributed by atoms with E-state index in [4.69, 9.17) is 0 Å². The highest BCUT2D eigenvalue weighted by atomic mass is 32.2. The number of Topliss-reactive ketones (excluding diaryl/α,β-unsaturated/α-hetero) is 1. The van der Waals surface area contributed by atoms with Crippen LogP contribution in [0.3, 0.4) is 0 Å². The van der Waals surface area contributed by atoms with Crippen molar-refractivity contribution in [3.8, 4) is 11.1 Å². The molecular weight excluding hydrogens is 304 g/mol. The molecule has 1 aliphatic rings. The van der Waals surface area contributed by atoms with Crippen molar-refractivity contribution < 1.29 is 9.59 Å². The summed E-state index contributed by atoms with van der Waals surface area (Å²) in [5.74, 6) is -0.610. The van der Waals surface area contributed by atoms with Crippen molar-refractivity contribution in [2.24, 2.45) is 0 Å². The lowest BCUT2D eigenvalue weighted by atomic mass is 9.84. The molecule has 23 heavy (non-hydrogen) atoms. The predicted molar refractivity (Wildman–Crippen MR) is 95.8 cm³/mol. The molecule has 0 N–H and O–H groups in total. The van der Waals surface area contributed by atoms with Crippen LogP contribution in [0.15, 0.2) is 42.5 Å². The minimum atomic E-state index is -0.626. The number of ketones is 1. The third-order valence-electron chi connectivity index (χ3n) is 4.46. The molecule has 3 heteroatoms. The average molecular weight is 324 g/mol. The maximum absolute atomic E-state index is 12.6. The van der Waals surface area contributed by atoms with Crippen LogP contribution in [0, 0.1) is 13.8 Å². The van der Waals surface area contributed by atoms with Gasteiger partial charge in [0, 0.05) is 0 Å². The van der Waals surface area contributed by atoms with Gasteiger partial charge in [-0.2, -0.15) is 0 Å². The third-order valence-corrected chi connectivity index (χ3v) is 5.60. The molecule has 1 heterocycles. The number of hydrogen-bond acceptors (Lipinski definition) is 3. The van der Waals surface area contributed by atoms with E-state index in [2.05, 4.69) is 18.2 Å². The molecule has 0 saturated carbocycles. The summed E-state index contributed by atoms with van der Waals surface area (Å²) in [6.45, 7) is 7.68. The van der Waals surface area contributed by atoms with Crippen molar-refractivity contribution in [3.63, 3.8) is 0 Å². The molecule has 1 unspecified atom stereocenters. The van der Waals surface area contributed by atoms with Crippen molar-refractivity contribution in [1.82, 2.24) is 0 Å². The predicted octanol–water partition coefficient (Wildman–Crippen LogP) is 4.68. The first-order valence-electron chi connectivity index (χ1n) is 7.75. The van der Waals surface area contributed by atoms with Crippen LogP contribution in [0.25, 0.3) is 11.1 Å². The molecule has 0 radical (unpaired) electrons. The smallest absolute Gasteiger partial charge is 0.204 e. The van der Waals surface area contributed by atoms with Crippen molar-refractivity contribution >= 4 is 22.7 Å². The van der Waals surface area contributed by atoms with E-state index in [-0.39, 0.29) is 10.9 Å². The molecule has 118 valence electrons. The minimum absolute atomic E-state index is 0.0162. The maximum atomic E-state index is 12.6. The fourth-order valence-corrected chi connectivity index (χ4v) is 4.24. The summed E-state index contributed by atoms with van der Waals surface area (Å²) in [5, 5.41) is -0.0324. The van der Waals surface area contributed by atoms with Gasteiger partial charge in [-0.1, -0.05) is 54.2 Å². The molecule has 1 atom stereocenters. The van der Waals surface area contributed by atoms with Gasteiger partial charge in [0.25, 0.3) is 0 Å². The first-order chi connectivity index (χ1) is 10.8. The van der Waals surface area contributed by atoms with Gasteiger partial charge in [0.1, 0.15) is 5.92 Å². The molecule has 2 nitrogen and oxygen atoms in total. The van der Waals surface area contributed by atoms with E-state index >= 15 is 0 Å². The van der Waals surface area contributed by atoms with Gasteiger partial charge in [-0.3, -0.25) is 9.59 Å². The Hall–Kier alpha value is -1.87. The van der Waals surface area contributed by atoms with Crippen molar-refractivity contribution in [3.05, 3.63) is 59.2 Å². The Morgan fingerprint density at radius 3 is 2.17 bits per heavy atom. The molecule has 1 saturated heterocycles. The van der Waals surface area contributed by atoms with Gasteiger partial charge in [-0.05, 0) is 55.5 Å². The van der Waals surface area contributed by atoms with Crippen molar-refractivity contribution in [2.75, 3.05) is 0 Å². The monoisotopic (exact) mass is 324 g/mol. The highest BCUT2D eigenvalue weighted by Crippen LogP contribution is 2.45. The van der Waals surface area contributed by atoms with Crippen LogP contribution in [0.2, 0.25) is 0 Å². The Labute approximate surface area is 141 Å². The lowest BCUT2D eigenvalue weighted by Gasteiger charge is -2.17. The molecule has 1 aliphatic heterocycles. The second-order valence-electron chi connectivity index (χ2n) is 6.62. The van der Waals surface area contributed by atoms with E-state index in [0.717, 1.165) is 39.6 Å². The fourth-order valence-electron chi connectivity index (χ4n) is 3.16. The number of carbonyl (C=O) groups is 2. The zero-order chi connectivity index (χ0) is 16.8. The van der Waals surface area contributed by atoms with E-state index in [1.165, 1.54) is 0 Å². The summed E-state index contributed by atoms with van der Waals surface area (Å²) < 4.78 is -0.625. The van der Waals surface area contributed by atoms with Crippen LogP contribution < -0.4 is 0 Å². The standard InChI is InChI=1S/C20H20O2S/c1-12-11-16(17-18(21)20(3,4)23-19(17)22)13(2)10-15(12)14-8-6-5-7-9-14/h5-11,17H,1-4H3. The van der Waals surface area contributed by atoms with Crippen molar-refractivity contribution in [1.29, 1.82) is 0 Å². The summed E-state index contributed by atoms with van der Waals surface area (Å²) >= 11 is 1.16. The number of benzene rings is 2. The van der Waals surface area contributed by atoms with Gasteiger partial charge in [0.15, 0.2) is 5.78 Å². The van der Waals surface area contributed by atoms with Crippen LogP contribution in [-0.2, 0) is 9.59 Å². The Kier molecular flexibility index (Phi) is 3.93. The lowest BCUT2D eigenvalue weighted by Crippen LogP contribution is -2.26. The number of thioether (sulfide) groups is 1. The molecule has 0 amide bonds. The summed E-state index contributed by atoms with van der Waals surface area (Å²) in [7, 11) is 0. The van der Waals surface area contributed by atoms with Gasteiger partial charge in [-0.15, -0.1) is 0 Å². The molecule has 3 rings (SSSR count). The van der Waals surface area contributed by atoms with Gasteiger partial charge in [-0.25, -0.2) is 0 Å². The van der Waals surface area contributed by atoms with Crippen LogP contribution in [0.4, 0.5) is 0 Å². The number of hydrogen-bond donors (Lipinski definition) is 0. The minimum Gasteiger partial charge on any atom is -0.297 e. The van der Waals surface area contributed by atoms with Crippen LogP contribution in [-0.4, -0.2) is 15.6 Å². The Balaban J connectivity index is 2.08. The van der Waals surface area contributed by atoms with Crippen LogP contribution in [0.1, 0.15) is 36.5 Å². The maximum Gasteiger partial charge on any atom is 0.204 e. The summed E-state index contributed by atoms with van der Waals surface area (Å²) in [6.07, 6.45) is 0. The SMILES string of the molecule is Cc1cc(C2C(=O)SC(C)(C)C2=O)c(C)cc1-c1ccccc1. The van der Waals surface area contributed by atoms with E-state index in [0.29, 0.717) is 0 Å². The molecule has 0 bridgehead atoms. The molecule has 0 aliphatic carbocycles. The summed E-state index contributed by atoms with van der Waals surface area (Å²) in [6, 6.07) is 14.3. The molecule has 0 spiro atoms. The van der Waals surface area contributed by atoms with Gasteiger partial charge < -0.3 is 0 Å². The number of rotatable bonds is 2. The second-order valence-corrected chi connectivity index (χ2v) is 8.25. The van der Waals surface area contributed by atoms with Gasteiger partial charge in [0.05, 0.1) is 4.75 Å². The van der Waals surface area contributed by atoms with Crippen LogP contribution >= 0.6 is 11.8 Å². The van der Waals surface area contributed by atoms with E-state index in [1.807, 2.05) is 52.0 Å². The quantitative estimate of drug-likeness (QED) is 0.753. The molecule has 1 fully saturated rings. The Morgan fingerprint density at radius 2 is 1.61 bits per heavy atom. The third kappa shape index (κ3) is 2.74. The average Bonchev–Trinajstić information content (AvgIpc) is 2.70. The highest BCUT2D eigenvalue weighted by molar-refractivity contribution is 8.16. The Bertz CT molecular complexity index is 791. The van der Waals surface area contributed by atoms with Gasteiger partial charge >= 0.3 is 0 Å². The fraction of sp³-hybridized carbons (Fsp3) is 0.300. The zero-order valence-corrected chi connectivity index (χ0v) is 14.7. The Morgan fingerprint density at radius 1 is 0.957 bits per heavy atom. The highest BCUT2D eigenvalue weighted by Gasteiger charge is 2.48. The summed E-state index contributed by atoms with van der Waals surface area (Å²) in [5.41, 5.74) is 5.25. The first kappa shape index (κ1) is 16.0. The number of aryl methyl sites for hydroxylation is 2. The largest absolute Gasteiger partial charge is 0.297 e. The lowest BCUT2D eigenvalue weighted by molar-refractivity contribution is -0.124. The zero-order valence-electron chi connectivity index (χ0n) is 13.8. The molecule has 2 aromatic rings. The van der Waals surface area contributed by atoms with E-state index < -0.39 is 10.7 Å². The molecule has 2 aromatic carbocycles. The normalized spacial score (nSPS) is 20.1. The van der Waals surface area contributed by atoms with E-state index in [9.17, 15) is 9.59 Å². The second kappa shape index (κ2) is 5.64.